The van der Waals surface area contributed by atoms with Crippen LogP contribution in [0.5, 0.6) is 5.75 Å². The third-order valence-electron chi connectivity index (χ3n) is 5.94. The van der Waals surface area contributed by atoms with Gasteiger partial charge in [-0.25, -0.2) is 22.1 Å². The van der Waals surface area contributed by atoms with Gasteiger partial charge in [-0.2, -0.15) is 0 Å². The number of aromatic nitrogens is 2. The number of rotatable bonds is 10. The van der Waals surface area contributed by atoms with Crippen molar-refractivity contribution in [1.29, 1.82) is 0 Å². The number of benzene rings is 1. The number of sulfonamides is 1. The van der Waals surface area contributed by atoms with E-state index in [0.717, 1.165) is 27.4 Å². The van der Waals surface area contributed by atoms with Gasteiger partial charge < -0.3 is 19.9 Å². The summed E-state index contributed by atoms with van der Waals surface area (Å²) in [5.74, 6) is -2.30. The molecule has 0 bridgehead atoms. The molecular formula is C22H29FN4O7S. The van der Waals surface area contributed by atoms with Crippen LogP contribution in [0.3, 0.4) is 0 Å². The van der Waals surface area contributed by atoms with Crippen molar-refractivity contribution in [3.63, 3.8) is 0 Å². The van der Waals surface area contributed by atoms with Crippen LogP contribution >= 0.6 is 0 Å². The van der Waals surface area contributed by atoms with Crippen LogP contribution in [0.15, 0.2) is 27.9 Å². The summed E-state index contributed by atoms with van der Waals surface area (Å²) in [6.45, 7) is 0.266. The van der Waals surface area contributed by atoms with Gasteiger partial charge in [0.25, 0.3) is 11.5 Å². The van der Waals surface area contributed by atoms with E-state index in [4.69, 9.17) is 9.47 Å². The van der Waals surface area contributed by atoms with Gasteiger partial charge in [0, 0.05) is 34.8 Å². The zero-order chi connectivity index (χ0) is 26.0. The second kappa shape index (κ2) is 10.4. The van der Waals surface area contributed by atoms with Crippen LogP contribution in [0, 0.1) is 5.82 Å². The molecule has 11 nitrogen and oxygen atoms in total. The fourth-order valence-corrected chi connectivity index (χ4v) is 4.90. The first-order valence-corrected chi connectivity index (χ1v) is 12.3. The lowest BCUT2D eigenvalue weighted by Crippen LogP contribution is -2.44. The summed E-state index contributed by atoms with van der Waals surface area (Å²) in [6.07, 6.45) is 1.98. The highest BCUT2D eigenvalue weighted by Gasteiger charge is 2.44. The topological polar surface area (TPSA) is 140 Å². The molecule has 0 radical (unpaired) electrons. The molecule has 0 spiro atoms. The third kappa shape index (κ3) is 5.22. The van der Waals surface area contributed by atoms with E-state index in [1.165, 1.54) is 34.3 Å². The van der Waals surface area contributed by atoms with Gasteiger partial charge in [0.2, 0.25) is 15.8 Å². The number of methoxy groups -OCH3 is 1. The molecule has 1 fully saturated rings. The Morgan fingerprint density at radius 3 is 2.57 bits per heavy atom. The maximum Gasteiger partial charge on any atom is 0.296 e. The smallest absolute Gasteiger partial charge is 0.296 e. The average molecular weight is 513 g/mol. The largest absolute Gasteiger partial charge is 0.501 e. The minimum atomic E-state index is -4.00. The first-order valence-electron chi connectivity index (χ1n) is 10.9. The Morgan fingerprint density at radius 1 is 1.31 bits per heavy atom. The summed E-state index contributed by atoms with van der Waals surface area (Å²) in [4.78, 5) is 29.6. The van der Waals surface area contributed by atoms with E-state index in [0.29, 0.717) is 19.4 Å². The number of ether oxygens (including phenoxy) is 2. The average Bonchev–Trinajstić information content (AvgIpc) is 2.78. The first-order chi connectivity index (χ1) is 16.4. The van der Waals surface area contributed by atoms with Gasteiger partial charge in [0.15, 0.2) is 5.69 Å². The van der Waals surface area contributed by atoms with Gasteiger partial charge >= 0.3 is 0 Å². The molecule has 1 aliphatic rings. The van der Waals surface area contributed by atoms with Crippen molar-refractivity contribution >= 4 is 15.9 Å². The molecule has 2 N–H and O–H groups in total. The number of amides is 1. The van der Waals surface area contributed by atoms with Crippen molar-refractivity contribution in [2.45, 2.75) is 36.3 Å². The zero-order valence-electron chi connectivity index (χ0n) is 20.0. The van der Waals surface area contributed by atoms with Gasteiger partial charge in [-0.1, -0.05) is 6.07 Å². The number of nitrogens with one attached hydrogen (secondary N) is 1. The Bertz CT molecular complexity index is 1270. The molecule has 1 amide bonds. The normalized spacial score (nSPS) is 15.1. The lowest BCUT2D eigenvalue weighted by Gasteiger charge is -2.41. The number of hydrogen-bond acceptors (Lipinski definition) is 8. The van der Waals surface area contributed by atoms with Crippen molar-refractivity contribution < 1.29 is 32.2 Å². The monoisotopic (exact) mass is 512 g/mol. The maximum absolute atomic E-state index is 13.8. The van der Waals surface area contributed by atoms with E-state index in [-0.39, 0.29) is 29.4 Å². The molecule has 0 saturated heterocycles. The van der Waals surface area contributed by atoms with E-state index in [2.05, 4.69) is 10.3 Å². The molecule has 0 atom stereocenters. The van der Waals surface area contributed by atoms with E-state index in [9.17, 15) is 27.5 Å². The molecule has 1 aromatic heterocycles. The van der Waals surface area contributed by atoms with Crippen LogP contribution in [0.25, 0.3) is 0 Å². The fraction of sp³-hybridized carbons (Fsp3) is 0.500. The second-order valence-electron chi connectivity index (χ2n) is 8.41. The second-order valence-corrected chi connectivity index (χ2v) is 10.5. The predicted molar refractivity (Wildman–Crippen MR) is 123 cm³/mol. The van der Waals surface area contributed by atoms with Gasteiger partial charge in [-0.15, -0.1) is 0 Å². The lowest BCUT2D eigenvalue weighted by atomic mass is 9.79. The molecule has 1 aromatic carbocycles. The highest BCUT2D eigenvalue weighted by Crippen LogP contribution is 2.43. The SMILES string of the molecule is COCCOC1(c2nc(C(=O)NCc3ccc(F)cc3S(=O)(=O)N(C)C)c(O)c(=O)n2C)CCC1. The van der Waals surface area contributed by atoms with Crippen molar-refractivity contribution in [2.24, 2.45) is 7.05 Å². The molecule has 3 rings (SSSR count). The van der Waals surface area contributed by atoms with E-state index in [1.807, 2.05) is 0 Å². The Labute approximate surface area is 202 Å². The van der Waals surface area contributed by atoms with Crippen molar-refractivity contribution in [3.05, 3.63) is 51.5 Å². The maximum atomic E-state index is 13.8. The van der Waals surface area contributed by atoms with Crippen molar-refractivity contribution in [3.8, 4) is 5.75 Å². The van der Waals surface area contributed by atoms with Crippen LogP contribution < -0.4 is 10.9 Å². The number of aromatic hydroxyl groups is 1. The van der Waals surface area contributed by atoms with Crippen LogP contribution in [0.1, 0.15) is 41.1 Å². The number of halogens is 1. The Kier molecular flexibility index (Phi) is 7.94. The number of carbonyl (C=O) groups is 1. The van der Waals surface area contributed by atoms with Crippen molar-refractivity contribution in [1.82, 2.24) is 19.2 Å². The van der Waals surface area contributed by atoms with Crippen LogP contribution in [0.4, 0.5) is 4.39 Å². The first kappa shape index (κ1) is 26.7. The number of nitrogens with zero attached hydrogens (tertiary/aromatic N) is 3. The molecule has 2 aromatic rings. The van der Waals surface area contributed by atoms with E-state index < -0.39 is 44.4 Å². The molecule has 1 saturated carbocycles. The third-order valence-corrected chi connectivity index (χ3v) is 7.84. The highest BCUT2D eigenvalue weighted by molar-refractivity contribution is 7.89. The molecule has 13 heteroatoms. The highest BCUT2D eigenvalue weighted by atomic mass is 32.2. The molecular weight excluding hydrogens is 483 g/mol. The van der Waals surface area contributed by atoms with Crippen LogP contribution in [-0.2, 0) is 38.7 Å². The fourth-order valence-electron chi connectivity index (χ4n) is 3.78. The van der Waals surface area contributed by atoms with Gasteiger partial charge in [-0.3, -0.25) is 14.2 Å². The summed E-state index contributed by atoms with van der Waals surface area (Å²) in [6, 6.07) is 3.17. The molecule has 35 heavy (non-hydrogen) atoms. The number of hydrogen-bond donors (Lipinski definition) is 2. The van der Waals surface area contributed by atoms with E-state index >= 15 is 0 Å². The standard InChI is InChI=1S/C22H29FN4O7S/c1-26(2)35(31,32)16-12-15(23)7-6-14(16)13-24-19(29)17-18(28)20(30)27(3)21(25-17)22(8-5-9-22)34-11-10-33-4/h6-7,12,28H,5,8-11,13H2,1-4H3,(H,24,29). The van der Waals surface area contributed by atoms with Gasteiger partial charge in [0.05, 0.1) is 18.1 Å². The Morgan fingerprint density at radius 2 is 2.00 bits per heavy atom. The van der Waals surface area contributed by atoms with Crippen LogP contribution in [0.2, 0.25) is 0 Å². The van der Waals surface area contributed by atoms with E-state index in [1.54, 1.807) is 0 Å². The lowest BCUT2D eigenvalue weighted by molar-refractivity contribution is -0.125. The molecule has 1 heterocycles. The Balaban J connectivity index is 1.92. The van der Waals surface area contributed by atoms with Crippen LogP contribution in [-0.4, -0.2) is 67.7 Å². The zero-order valence-corrected chi connectivity index (χ0v) is 20.8. The summed E-state index contributed by atoms with van der Waals surface area (Å²) in [5.41, 5.74) is -2.10. The molecule has 1 aliphatic carbocycles. The minimum absolute atomic E-state index is 0.121. The summed E-state index contributed by atoms with van der Waals surface area (Å²) >= 11 is 0. The molecule has 0 unspecified atom stereocenters. The summed E-state index contributed by atoms with van der Waals surface area (Å²) < 4.78 is 52.0. The van der Waals surface area contributed by atoms with Gasteiger partial charge in [0.1, 0.15) is 17.2 Å². The molecule has 0 aliphatic heterocycles. The number of carbonyl (C=O) groups excluding carboxylic acids is 1. The molecule has 192 valence electrons. The Hall–Kier alpha value is -2.87. The van der Waals surface area contributed by atoms with Crippen molar-refractivity contribution in [2.75, 3.05) is 34.4 Å². The minimum Gasteiger partial charge on any atom is -0.501 e. The summed E-state index contributed by atoms with van der Waals surface area (Å²) in [5, 5.41) is 12.8. The van der Waals surface area contributed by atoms with Gasteiger partial charge in [-0.05, 0) is 37.0 Å². The predicted octanol–water partition coefficient (Wildman–Crippen LogP) is 0.847. The summed E-state index contributed by atoms with van der Waals surface area (Å²) in [7, 11) is 1.57. The quantitative estimate of drug-likeness (QED) is 0.447.